The summed E-state index contributed by atoms with van der Waals surface area (Å²) in [6.45, 7) is 0.494. The van der Waals surface area contributed by atoms with Crippen molar-refractivity contribution in [2.24, 2.45) is 0 Å². The van der Waals surface area contributed by atoms with Crippen molar-refractivity contribution in [1.29, 1.82) is 0 Å². The summed E-state index contributed by atoms with van der Waals surface area (Å²) in [4.78, 5) is 4.06. The topological polar surface area (TPSA) is 48.1 Å². The molecule has 2 aromatic rings. The highest BCUT2D eigenvalue weighted by Crippen LogP contribution is 2.22. The van der Waals surface area contributed by atoms with Crippen molar-refractivity contribution < 1.29 is 4.74 Å². The van der Waals surface area contributed by atoms with Crippen LogP contribution in [0.5, 0.6) is 5.75 Å². The lowest BCUT2D eigenvalue weighted by atomic mass is 10.2. The summed E-state index contributed by atoms with van der Waals surface area (Å²) in [6.07, 6.45) is 0. The maximum absolute atomic E-state index is 5.72. The summed E-state index contributed by atoms with van der Waals surface area (Å²) in [5, 5.41) is 0. The summed E-state index contributed by atoms with van der Waals surface area (Å²) < 4.78 is 6.28. The number of ether oxygens (including phenoxy) is 1. The van der Waals surface area contributed by atoms with Crippen molar-refractivity contribution in [1.82, 2.24) is 4.98 Å². The molecule has 1 heterocycles. The predicted molar refractivity (Wildman–Crippen MR) is 67.1 cm³/mol. The number of nitrogens with zero attached hydrogens (tertiary/aromatic N) is 1. The van der Waals surface area contributed by atoms with Crippen LogP contribution in [0.25, 0.3) is 0 Å². The minimum absolute atomic E-state index is 0.394. The molecule has 0 radical (unpaired) electrons. The van der Waals surface area contributed by atoms with E-state index in [1.165, 1.54) is 0 Å². The molecule has 1 aromatic heterocycles. The minimum atomic E-state index is 0.394. The van der Waals surface area contributed by atoms with Crippen molar-refractivity contribution >= 4 is 21.7 Å². The first-order valence-corrected chi connectivity index (χ1v) is 5.64. The second-order valence-corrected chi connectivity index (χ2v) is 4.10. The Hall–Kier alpha value is -1.55. The molecule has 0 fully saturated rings. The fourth-order valence-electron chi connectivity index (χ4n) is 1.29. The zero-order chi connectivity index (χ0) is 11.4. The monoisotopic (exact) mass is 278 g/mol. The third-order valence-electron chi connectivity index (χ3n) is 2.09. The number of aromatic nitrogens is 1. The van der Waals surface area contributed by atoms with Gasteiger partial charge >= 0.3 is 0 Å². The van der Waals surface area contributed by atoms with Crippen LogP contribution in [-0.2, 0) is 6.61 Å². The lowest BCUT2D eigenvalue weighted by Gasteiger charge is -2.08. The van der Waals surface area contributed by atoms with E-state index < -0.39 is 0 Å². The van der Waals surface area contributed by atoms with Crippen LogP contribution < -0.4 is 10.5 Å². The standard InChI is InChI=1S/C12H11BrN2O/c13-11-7-6-10(12(14)15-11)16-8-9-4-2-1-3-5-9/h1-7H,8H2,(H2,14,15). The van der Waals surface area contributed by atoms with E-state index >= 15 is 0 Å². The lowest BCUT2D eigenvalue weighted by Crippen LogP contribution is -2.00. The van der Waals surface area contributed by atoms with Gasteiger partial charge in [-0.25, -0.2) is 4.98 Å². The van der Waals surface area contributed by atoms with E-state index in [4.69, 9.17) is 10.5 Å². The number of anilines is 1. The van der Waals surface area contributed by atoms with Crippen LogP contribution >= 0.6 is 15.9 Å². The number of hydrogen-bond acceptors (Lipinski definition) is 3. The van der Waals surface area contributed by atoms with Crippen molar-refractivity contribution in [2.75, 3.05) is 5.73 Å². The van der Waals surface area contributed by atoms with E-state index in [2.05, 4.69) is 20.9 Å². The molecular formula is C12H11BrN2O. The Labute approximate surface area is 102 Å². The van der Waals surface area contributed by atoms with Gasteiger partial charge in [0.2, 0.25) is 0 Å². The van der Waals surface area contributed by atoms with Crippen LogP contribution in [0.1, 0.15) is 5.56 Å². The molecule has 2 N–H and O–H groups in total. The Morgan fingerprint density at radius 2 is 1.88 bits per heavy atom. The summed E-state index contributed by atoms with van der Waals surface area (Å²) >= 11 is 3.25. The van der Waals surface area contributed by atoms with Crippen LogP contribution in [0.15, 0.2) is 47.1 Å². The highest BCUT2D eigenvalue weighted by Gasteiger charge is 2.02. The van der Waals surface area contributed by atoms with E-state index in [0.29, 0.717) is 22.8 Å². The van der Waals surface area contributed by atoms with Gasteiger partial charge in [-0.1, -0.05) is 30.3 Å². The van der Waals surface area contributed by atoms with Gasteiger partial charge in [-0.3, -0.25) is 0 Å². The molecule has 0 amide bonds. The second kappa shape index (κ2) is 4.99. The normalized spacial score (nSPS) is 10.1. The highest BCUT2D eigenvalue weighted by atomic mass is 79.9. The third-order valence-corrected chi connectivity index (χ3v) is 2.53. The maximum Gasteiger partial charge on any atom is 0.167 e. The van der Waals surface area contributed by atoms with Crippen molar-refractivity contribution in [3.63, 3.8) is 0 Å². The van der Waals surface area contributed by atoms with Gasteiger partial charge in [0.25, 0.3) is 0 Å². The van der Waals surface area contributed by atoms with E-state index in [-0.39, 0.29) is 0 Å². The summed E-state index contributed by atoms with van der Waals surface area (Å²) in [5.74, 6) is 0.998. The van der Waals surface area contributed by atoms with E-state index in [9.17, 15) is 0 Å². The Morgan fingerprint density at radius 1 is 1.12 bits per heavy atom. The highest BCUT2D eigenvalue weighted by molar-refractivity contribution is 9.10. The van der Waals surface area contributed by atoms with Gasteiger partial charge in [0.05, 0.1) is 0 Å². The first-order valence-electron chi connectivity index (χ1n) is 4.84. The molecule has 1 aromatic carbocycles. The Morgan fingerprint density at radius 3 is 2.56 bits per heavy atom. The molecule has 0 aliphatic rings. The number of rotatable bonds is 3. The first-order chi connectivity index (χ1) is 7.75. The van der Waals surface area contributed by atoms with Crippen LogP contribution in [0.3, 0.4) is 0 Å². The molecule has 3 nitrogen and oxygen atoms in total. The zero-order valence-electron chi connectivity index (χ0n) is 8.56. The maximum atomic E-state index is 5.72. The van der Waals surface area contributed by atoms with Crippen LogP contribution in [-0.4, -0.2) is 4.98 Å². The second-order valence-electron chi connectivity index (χ2n) is 3.29. The van der Waals surface area contributed by atoms with Gasteiger partial charge in [0.15, 0.2) is 11.6 Å². The molecule has 16 heavy (non-hydrogen) atoms. The molecule has 4 heteroatoms. The van der Waals surface area contributed by atoms with Gasteiger partial charge in [-0.2, -0.15) is 0 Å². The summed E-state index contributed by atoms with van der Waals surface area (Å²) in [5.41, 5.74) is 6.82. The van der Waals surface area contributed by atoms with Crippen molar-refractivity contribution in [3.8, 4) is 5.75 Å². The first kappa shape index (κ1) is 11.0. The molecule has 0 aliphatic heterocycles. The Balaban J connectivity index is 2.05. The van der Waals surface area contributed by atoms with Gasteiger partial charge in [0, 0.05) is 0 Å². The number of hydrogen-bond donors (Lipinski definition) is 1. The predicted octanol–water partition coefficient (Wildman–Crippen LogP) is 3.01. The van der Waals surface area contributed by atoms with Gasteiger partial charge in [-0.05, 0) is 33.6 Å². The SMILES string of the molecule is Nc1nc(Br)ccc1OCc1ccccc1. The molecule has 82 valence electrons. The van der Waals surface area contributed by atoms with Gasteiger partial charge in [0.1, 0.15) is 11.2 Å². The zero-order valence-corrected chi connectivity index (χ0v) is 10.1. The minimum Gasteiger partial charge on any atom is -0.485 e. The fraction of sp³-hybridized carbons (Fsp3) is 0.0833. The Bertz CT molecular complexity index is 474. The van der Waals surface area contributed by atoms with Crippen molar-refractivity contribution in [2.45, 2.75) is 6.61 Å². The molecule has 0 bridgehead atoms. The van der Waals surface area contributed by atoms with Crippen molar-refractivity contribution in [3.05, 3.63) is 52.6 Å². The van der Waals surface area contributed by atoms with Gasteiger partial charge < -0.3 is 10.5 Å². The largest absolute Gasteiger partial charge is 0.485 e. The summed E-state index contributed by atoms with van der Waals surface area (Å²) in [6, 6.07) is 13.5. The third kappa shape index (κ3) is 2.73. The smallest absolute Gasteiger partial charge is 0.167 e. The van der Waals surface area contributed by atoms with Crippen LogP contribution in [0.4, 0.5) is 5.82 Å². The fourth-order valence-corrected chi connectivity index (χ4v) is 1.62. The number of nitrogens with two attached hydrogens (primary N) is 1. The number of benzene rings is 1. The number of halogens is 1. The van der Waals surface area contributed by atoms with Gasteiger partial charge in [-0.15, -0.1) is 0 Å². The lowest BCUT2D eigenvalue weighted by molar-refractivity contribution is 0.307. The quantitative estimate of drug-likeness (QED) is 0.878. The van der Waals surface area contributed by atoms with Crippen LogP contribution in [0, 0.1) is 0 Å². The van der Waals surface area contributed by atoms with E-state index in [1.54, 1.807) is 12.1 Å². The van der Waals surface area contributed by atoms with E-state index in [0.717, 1.165) is 5.56 Å². The molecule has 0 spiro atoms. The van der Waals surface area contributed by atoms with E-state index in [1.807, 2.05) is 30.3 Å². The Kier molecular flexibility index (Phi) is 3.41. The number of nitrogen functional groups attached to an aromatic ring is 1. The molecule has 2 rings (SSSR count). The molecule has 0 saturated heterocycles. The molecule has 0 unspecified atom stereocenters. The molecule has 0 atom stereocenters. The molecular weight excluding hydrogens is 268 g/mol. The average Bonchev–Trinajstić information content (AvgIpc) is 2.29. The summed E-state index contributed by atoms with van der Waals surface area (Å²) in [7, 11) is 0. The molecule has 0 aliphatic carbocycles. The van der Waals surface area contributed by atoms with Crippen LogP contribution in [0.2, 0.25) is 0 Å². The molecule has 0 saturated carbocycles. The number of pyridine rings is 1. The average molecular weight is 279 g/mol.